The van der Waals surface area contributed by atoms with Crippen LogP contribution in [0.25, 0.3) is 0 Å². The van der Waals surface area contributed by atoms with E-state index >= 15 is 0 Å². The minimum absolute atomic E-state index is 0.0982. The summed E-state index contributed by atoms with van der Waals surface area (Å²) in [5, 5.41) is 10.5. The fourth-order valence-corrected chi connectivity index (χ4v) is 1.45. The molecule has 0 aromatic heterocycles. The second-order valence-electron chi connectivity index (χ2n) is 3.18. The van der Waals surface area contributed by atoms with E-state index in [2.05, 4.69) is 0 Å². The number of ether oxygens (including phenoxy) is 1. The van der Waals surface area contributed by atoms with Gasteiger partial charge in [-0.1, -0.05) is 0 Å². The molecule has 0 saturated heterocycles. The van der Waals surface area contributed by atoms with Gasteiger partial charge in [-0.15, -0.1) is 0 Å². The highest BCUT2D eigenvalue weighted by molar-refractivity contribution is 5.63. The Morgan fingerprint density at radius 1 is 1.57 bits per heavy atom. The van der Waals surface area contributed by atoms with E-state index in [0.717, 1.165) is 12.2 Å². The van der Waals surface area contributed by atoms with Crippen LogP contribution in [0.15, 0.2) is 18.2 Å². The Morgan fingerprint density at radius 3 is 3.07 bits per heavy atom. The molecule has 0 bridgehead atoms. The first kappa shape index (κ1) is 8.80. The number of fused-ring (bicyclic) bond motifs is 1. The summed E-state index contributed by atoms with van der Waals surface area (Å²) in [5.74, 6) is 0.712. The quantitative estimate of drug-likeness (QED) is 0.501. The average Bonchev–Trinajstić information content (AvgIpc) is 2.18. The Morgan fingerprint density at radius 2 is 2.36 bits per heavy atom. The number of benzene rings is 1. The Bertz CT molecular complexity index is 378. The van der Waals surface area contributed by atoms with Gasteiger partial charge in [0.1, 0.15) is 12.4 Å². The number of nitro benzene ring substituents is 1. The van der Waals surface area contributed by atoms with Gasteiger partial charge in [0.15, 0.2) is 0 Å². The molecule has 0 aliphatic carbocycles. The number of rotatable bonds is 1. The van der Waals surface area contributed by atoms with E-state index in [9.17, 15) is 10.1 Å². The van der Waals surface area contributed by atoms with Crippen LogP contribution in [-0.4, -0.2) is 25.1 Å². The molecule has 0 saturated carbocycles. The van der Waals surface area contributed by atoms with Crippen LogP contribution in [0.3, 0.4) is 0 Å². The molecule has 1 heterocycles. The van der Waals surface area contributed by atoms with Crippen LogP contribution in [0, 0.1) is 10.1 Å². The van der Waals surface area contributed by atoms with Gasteiger partial charge in [-0.05, 0) is 6.07 Å². The molecule has 1 aliphatic rings. The Hall–Kier alpha value is -1.78. The molecular formula is C9H10N2O3. The van der Waals surface area contributed by atoms with Gasteiger partial charge in [-0.2, -0.15) is 0 Å². The smallest absolute Gasteiger partial charge is 0.271 e. The summed E-state index contributed by atoms with van der Waals surface area (Å²) in [4.78, 5) is 12.1. The van der Waals surface area contributed by atoms with E-state index in [1.54, 1.807) is 6.07 Å². The van der Waals surface area contributed by atoms with Gasteiger partial charge in [0.25, 0.3) is 5.69 Å². The molecule has 0 fully saturated rings. The molecule has 14 heavy (non-hydrogen) atoms. The van der Waals surface area contributed by atoms with E-state index in [1.807, 2.05) is 11.9 Å². The largest absolute Gasteiger partial charge is 0.490 e. The van der Waals surface area contributed by atoms with Crippen molar-refractivity contribution < 1.29 is 9.66 Å². The van der Waals surface area contributed by atoms with Gasteiger partial charge in [0.2, 0.25) is 0 Å². The fraction of sp³-hybridized carbons (Fsp3) is 0.333. The highest BCUT2D eigenvalue weighted by atomic mass is 16.6. The fourth-order valence-electron chi connectivity index (χ4n) is 1.45. The van der Waals surface area contributed by atoms with Gasteiger partial charge in [-0.3, -0.25) is 10.1 Å². The van der Waals surface area contributed by atoms with Crippen molar-refractivity contribution in [2.24, 2.45) is 0 Å². The third-order valence-electron chi connectivity index (χ3n) is 2.25. The lowest BCUT2D eigenvalue weighted by molar-refractivity contribution is -0.384. The van der Waals surface area contributed by atoms with Crippen LogP contribution >= 0.6 is 0 Å². The van der Waals surface area contributed by atoms with E-state index in [0.29, 0.717) is 12.4 Å². The zero-order chi connectivity index (χ0) is 10.1. The molecule has 74 valence electrons. The van der Waals surface area contributed by atoms with Crippen LogP contribution in [0.5, 0.6) is 5.75 Å². The van der Waals surface area contributed by atoms with Crippen molar-refractivity contribution in [3.63, 3.8) is 0 Å². The predicted octanol–water partition coefficient (Wildman–Crippen LogP) is 1.42. The molecule has 0 unspecified atom stereocenters. The summed E-state index contributed by atoms with van der Waals surface area (Å²) in [6, 6.07) is 4.63. The molecule has 1 aliphatic heterocycles. The molecule has 0 radical (unpaired) electrons. The summed E-state index contributed by atoms with van der Waals surface area (Å²) in [7, 11) is 1.89. The number of anilines is 1. The van der Waals surface area contributed by atoms with Gasteiger partial charge < -0.3 is 9.64 Å². The summed E-state index contributed by atoms with van der Waals surface area (Å²) in [6.45, 7) is 1.38. The van der Waals surface area contributed by atoms with Gasteiger partial charge in [0.05, 0.1) is 17.2 Å². The van der Waals surface area contributed by atoms with Crippen molar-refractivity contribution in [3.05, 3.63) is 28.3 Å². The summed E-state index contributed by atoms with van der Waals surface area (Å²) >= 11 is 0. The zero-order valence-corrected chi connectivity index (χ0v) is 7.77. The lowest BCUT2D eigenvalue weighted by Gasteiger charge is -2.27. The first-order valence-corrected chi connectivity index (χ1v) is 4.31. The second kappa shape index (κ2) is 3.17. The summed E-state index contributed by atoms with van der Waals surface area (Å²) in [5.41, 5.74) is 0.881. The van der Waals surface area contributed by atoms with Gasteiger partial charge in [-0.25, -0.2) is 0 Å². The summed E-state index contributed by atoms with van der Waals surface area (Å²) in [6.07, 6.45) is 0. The third-order valence-corrected chi connectivity index (χ3v) is 2.25. The average molecular weight is 194 g/mol. The van der Waals surface area contributed by atoms with E-state index < -0.39 is 4.92 Å². The molecule has 5 heteroatoms. The van der Waals surface area contributed by atoms with Crippen LogP contribution in [0.1, 0.15) is 0 Å². The van der Waals surface area contributed by atoms with Crippen LogP contribution in [-0.2, 0) is 0 Å². The van der Waals surface area contributed by atoms with Crippen LogP contribution < -0.4 is 9.64 Å². The number of nitrogens with zero attached hydrogens (tertiary/aromatic N) is 2. The molecule has 0 spiro atoms. The number of likely N-dealkylation sites (N-methyl/N-ethyl adjacent to an activating group) is 1. The maximum atomic E-state index is 10.5. The highest BCUT2D eigenvalue weighted by Gasteiger charge is 2.18. The molecule has 0 N–H and O–H groups in total. The maximum absolute atomic E-state index is 10.5. The Labute approximate surface area is 81.0 Å². The van der Waals surface area contributed by atoms with Gasteiger partial charge in [0, 0.05) is 19.2 Å². The van der Waals surface area contributed by atoms with Crippen molar-refractivity contribution in [1.82, 2.24) is 0 Å². The SMILES string of the molecule is CN1CCOc2ccc([N+](=O)[O-])cc21. The van der Waals surface area contributed by atoms with Crippen molar-refractivity contribution in [2.45, 2.75) is 0 Å². The lowest BCUT2D eigenvalue weighted by atomic mass is 10.2. The zero-order valence-electron chi connectivity index (χ0n) is 7.77. The number of nitro groups is 1. The standard InChI is InChI=1S/C9H10N2O3/c1-10-4-5-14-9-3-2-7(11(12)13)6-8(9)10/h2-3,6H,4-5H2,1H3. The molecule has 0 amide bonds. The molecule has 0 atom stereocenters. The molecule has 5 nitrogen and oxygen atoms in total. The number of non-ortho nitro benzene ring substituents is 1. The van der Waals surface area contributed by atoms with Crippen LogP contribution in [0.4, 0.5) is 11.4 Å². The van der Waals surface area contributed by atoms with E-state index in [4.69, 9.17) is 4.74 Å². The van der Waals surface area contributed by atoms with E-state index in [1.165, 1.54) is 12.1 Å². The summed E-state index contributed by atoms with van der Waals surface area (Å²) < 4.78 is 5.36. The highest BCUT2D eigenvalue weighted by Crippen LogP contribution is 2.33. The monoisotopic (exact) mass is 194 g/mol. The third kappa shape index (κ3) is 1.37. The Balaban J connectivity index is 2.45. The second-order valence-corrected chi connectivity index (χ2v) is 3.18. The lowest BCUT2D eigenvalue weighted by Crippen LogP contribution is -2.28. The number of hydrogen-bond acceptors (Lipinski definition) is 4. The molecule has 1 aromatic rings. The topological polar surface area (TPSA) is 55.6 Å². The van der Waals surface area contributed by atoms with Crippen molar-refractivity contribution in [2.75, 3.05) is 25.1 Å². The molecule has 2 rings (SSSR count). The predicted molar refractivity (Wildman–Crippen MR) is 51.9 cm³/mol. The minimum atomic E-state index is -0.400. The van der Waals surface area contributed by atoms with Gasteiger partial charge >= 0.3 is 0 Å². The normalized spacial score (nSPS) is 14.5. The minimum Gasteiger partial charge on any atom is -0.490 e. The van der Waals surface area contributed by atoms with Crippen LogP contribution in [0.2, 0.25) is 0 Å². The van der Waals surface area contributed by atoms with E-state index in [-0.39, 0.29) is 5.69 Å². The molecular weight excluding hydrogens is 184 g/mol. The van der Waals surface area contributed by atoms with Crippen molar-refractivity contribution >= 4 is 11.4 Å². The maximum Gasteiger partial charge on any atom is 0.271 e. The first-order valence-electron chi connectivity index (χ1n) is 4.31. The Kier molecular flexibility index (Phi) is 1.99. The van der Waals surface area contributed by atoms with Crippen molar-refractivity contribution in [1.29, 1.82) is 0 Å². The first-order chi connectivity index (χ1) is 6.68. The molecule has 1 aromatic carbocycles. The van der Waals surface area contributed by atoms with Crippen molar-refractivity contribution in [3.8, 4) is 5.75 Å². The number of hydrogen-bond donors (Lipinski definition) is 0.